The molecular formula is C14H20N2O. The van der Waals surface area contributed by atoms with Gasteiger partial charge >= 0.3 is 0 Å². The van der Waals surface area contributed by atoms with E-state index in [-0.39, 0.29) is 6.04 Å². The predicted octanol–water partition coefficient (Wildman–Crippen LogP) is 2.58. The quantitative estimate of drug-likeness (QED) is 0.735. The van der Waals surface area contributed by atoms with Crippen LogP contribution in [0.3, 0.4) is 0 Å². The third-order valence-corrected chi connectivity index (χ3v) is 2.65. The SMILES string of the molecule is CCOCCCNC(C#N)c1ccccc1C. The second kappa shape index (κ2) is 7.83. The zero-order chi connectivity index (χ0) is 12.5. The summed E-state index contributed by atoms with van der Waals surface area (Å²) < 4.78 is 5.26. The summed E-state index contributed by atoms with van der Waals surface area (Å²) in [7, 11) is 0. The van der Waals surface area contributed by atoms with Crippen molar-refractivity contribution in [1.29, 1.82) is 5.26 Å². The number of hydrogen-bond donors (Lipinski definition) is 1. The summed E-state index contributed by atoms with van der Waals surface area (Å²) in [5.41, 5.74) is 2.21. The van der Waals surface area contributed by atoms with Gasteiger partial charge in [0.2, 0.25) is 0 Å². The van der Waals surface area contributed by atoms with Crippen molar-refractivity contribution >= 4 is 0 Å². The molecule has 0 radical (unpaired) electrons. The van der Waals surface area contributed by atoms with Gasteiger partial charge in [-0.15, -0.1) is 0 Å². The Balaban J connectivity index is 2.45. The van der Waals surface area contributed by atoms with Crippen LogP contribution in [0.15, 0.2) is 24.3 Å². The summed E-state index contributed by atoms with van der Waals surface area (Å²) in [6.45, 7) is 6.31. The first-order valence-corrected chi connectivity index (χ1v) is 6.05. The number of aryl methyl sites for hydroxylation is 1. The zero-order valence-corrected chi connectivity index (χ0v) is 10.6. The van der Waals surface area contributed by atoms with Crippen LogP contribution in [0.25, 0.3) is 0 Å². The molecule has 3 nitrogen and oxygen atoms in total. The Kier molecular flexibility index (Phi) is 6.31. The van der Waals surface area contributed by atoms with Gasteiger partial charge in [0.05, 0.1) is 6.07 Å². The Morgan fingerprint density at radius 2 is 2.18 bits per heavy atom. The monoisotopic (exact) mass is 232 g/mol. The summed E-state index contributed by atoms with van der Waals surface area (Å²) in [5, 5.41) is 12.4. The minimum atomic E-state index is -0.224. The molecule has 0 fully saturated rings. The third kappa shape index (κ3) is 4.56. The van der Waals surface area contributed by atoms with Crippen molar-refractivity contribution in [1.82, 2.24) is 5.32 Å². The Hall–Kier alpha value is -1.37. The first kappa shape index (κ1) is 13.7. The summed E-state index contributed by atoms with van der Waals surface area (Å²) in [6.07, 6.45) is 0.928. The molecule has 0 aliphatic carbocycles. The summed E-state index contributed by atoms with van der Waals surface area (Å²) in [4.78, 5) is 0. The van der Waals surface area contributed by atoms with Crippen LogP contribution in [0.4, 0.5) is 0 Å². The topological polar surface area (TPSA) is 45.0 Å². The van der Waals surface area contributed by atoms with Gasteiger partial charge in [0.15, 0.2) is 0 Å². The maximum Gasteiger partial charge on any atom is 0.121 e. The minimum absolute atomic E-state index is 0.224. The smallest absolute Gasteiger partial charge is 0.121 e. The molecule has 17 heavy (non-hydrogen) atoms. The van der Waals surface area contributed by atoms with E-state index in [1.165, 1.54) is 0 Å². The highest BCUT2D eigenvalue weighted by Gasteiger charge is 2.10. The minimum Gasteiger partial charge on any atom is -0.382 e. The molecule has 0 spiro atoms. The van der Waals surface area contributed by atoms with E-state index in [9.17, 15) is 0 Å². The molecule has 0 saturated heterocycles. The molecule has 0 amide bonds. The largest absolute Gasteiger partial charge is 0.382 e. The van der Waals surface area contributed by atoms with Crippen molar-refractivity contribution in [2.45, 2.75) is 26.3 Å². The number of ether oxygens (including phenoxy) is 1. The van der Waals surface area contributed by atoms with Crippen LogP contribution < -0.4 is 5.32 Å². The van der Waals surface area contributed by atoms with Gasteiger partial charge in [0, 0.05) is 13.2 Å². The Morgan fingerprint density at radius 1 is 1.41 bits per heavy atom. The van der Waals surface area contributed by atoms with Crippen molar-refractivity contribution in [2.24, 2.45) is 0 Å². The average molecular weight is 232 g/mol. The fraction of sp³-hybridized carbons (Fsp3) is 0.500. The summed E-state index contributed by atoms with van der Waals surface area (Å²) in [5.74, 6) is 0. The van der Waals surface area contributed by atoms with E-state index in [1.807, 2.05) is 38.1 Å². The fourth-order valence-electron chi connectivity index (χ4n) is 1.70. The molecule has 0 bridgehead atoms. The molecule has 1 rings (SSSR count). The maximum absolute atomic E-state index is 9.16. The number of nitriles is 1. The third-order valence-electron chi connectivity index (χ3n) is 2.65. The van der Waals surface area contributed by atoms with E-state index in [1.54, 1.807) is 0 Å². The van der Waals surface area contributed by atoms with E-state index in [4.69, 9.17) is 10.00 Å². The van der Waals surface area contributed by atoms with Gasteiger partial charge in [-0.3, -0.25) is 5.32 Å². The highest BCUT2D eigenvalue weighted by atomic mass is 16.5. The molecule has 0 aromatic heterocycles. The Bertz CT molecular complexity index is 371. The van der Waals surface area contributed by atoms with Gasteiger partial charge in [0.1, 0.15) is 6.04 Å². The van der Waals surface area contributed by atoms with Gasteiger partial charge in [0.25, 0.3) is 0 Å². The molecule has 1 atom stereocenters. The van der Waals surface area contributed by atoms with Crippen molar-refractivity contribution in [3.8, 4) is 6.07 Å². The van der Waals surface area contributed by atoms with Crippen LogP contribution in [0.1, 0.15) is 30.5 Å². The van der Waals surface area contributed by atoms with Crippen LogP contribution in [0, 0.1) is 18.3 Å². The molecule has 92 valence electrons. The van der Waals surface area contributed by atoms with Gasteiger partial charge in [-0.05, 0) is 37.9 Å². The van der Waals surface area contributed by atoms with E-state index in [0.717, 1.165) is 37.3 Å². The second-order valence-electron chi connectivity index (χ2n) is 3.92. The molecule has 1 aromatic rings. The van der Waals surface area contributed by atoms with Gasteiger partial charge in [-0.1, -0.05) is 24.3 Å². The lowest BCUT2D eigenvalue weighted by Gasteiger charge is -2.14. The lowest BCUT2D eigenvalue weighted by atomic mass is 10.0. The maximum atomic E-state index is 9.16. The van der Waals surface area contributed by atoms with Gasteiger partial charge < -0.3 is 4.74 Å². The fourth-order valence-corrected chi connectivity index (χ4v) is 1.70. The number of benzene rings is 1. The summed E-state index contributed by atoms with van der Waals surface area (Å²) >= 11 is 0. The van der Waals surface area contributed by atoms with Crippen molar-refractivity contribution in [3.05, 3.63) is 35.4 Å². The van der Waals surface area contributed by atoms with E-state index in [0.29, 0.717) is 0 Å². The molecule has 1 aromatic carbocycles. The van der Waals surface area contributed by atoms with E-state index in [2.05, 4.69) is 11.4 Å². The Labute approximate surface area is 103 Å². The van der Waals surface area contributed by atoms with Crippen LogP contribution >= 0.6 is 0 Å². The number of nitrogens with one attached hydrogen (secondary N) is 1. The first-order chi connectivity index (χ1) is 8.29. The second-order valence-corrected chi connectivity index (χ2v) is 3.92. The van der Waals surface area contributed by atoms with Crippen LogP contribution in [0.2, 0.25) is 0 Å². The van der Waals surface area contributed by atoms with Gasteiger partial charge in [-0.2, -0.15) is 5.26 Å². The van der Waals surface area contributed by atoms with Crippen LogP contribution in [-0.4, -0.2) is 19.8 Å². The van der Waals surface area contributed by atoms with Crippen molar-refractivity contribution in [2.75, 3.05) is 19.8 Å². The average Bonchev–Trinajstić information content (AvgIpc) is 2.35. The van der Waals surface area contributed by atoms with Crippen LogP contribution in [0.5, 0.6) is 0 Å². The lowest BCUT2D eigenvalue weighted by Crippen LogP contribution is -2.22. The molecule has 1 unspecified atom stereocenters. The van der Waals surface area contributed by atoms with Crippen molar-refractivity contribution in [3.63, 3.8) is 0 Å². The van der Waals surface area contributed by atoms with Crippen LogP contribution in [-0.2, 0) is 4.74 Å². The molecule has 3 heteroatoms. The highest BCUT2D eigenvalue weighted by Crippen LogP contribution is 2.16. The predicted molar refractivity (Wildman–Crippen MR) is 68.6 cm³/mol. The molecule has 0 aliphatic heterocycles. The normalized spacial score (nSPS) is 12.1. The molecule has 0 aliphatic rings. The zero-order valence-electron chi connectivity index (χ0n) is 10.6. The van der Waals surface area contributed by atoms with E-state index < -0.39 is 0 Å². The van der Waals surface area contributed by atoms with Gasteiger partial charge in [-0.25, -0.2) is 0 Å². The molecule has 0 saturated carbocycles. The number of nitrogens with zero attached hydrogens (tertiary/aromatic N) is 1. The summed E-state index contributed by atoms with van der Waals surface area (Å²) in [6, 6.07) is 10.1. The van der Waals surface area contributed by atoms with E-state index >= 15 is 0 Å². The molecular weight excluding hydrogens is 212 g/mol. The Morgan fingerprint density at radius 3 is 2.82 bits per heavy atom. The van der Waals surface area contributed by atoms with Crippen molar-refractivity contribution < 1.29 is 4.74 Å². The lowest BCUT2D eigenvalue weighted by molar-refractivity contribution is 0.144. The molecule has 1 N–H and O–H groups in total. The standard InChI is InChI=1S/C14H20N2O/c1-3-17-10-6-9-16-14(11-15)13-8-5-4-7-12(13)2/h4-5,7-8,14,16H,3,6,9-10H2,1-2H3. The molecule has 0 heterocycles. The number of hydrogen-bond acceptors (Lipinski definition) is 3. The first-order valence-electron chi connectivity index (χ1n) is 6.05. The number of rotatable bonds is 7. The highest BCUT2D eigenvalue weighted by molar-refractivity contribution is 5.32.